The van der Waals surface area contributed by atoms with Gasteiger partial charge in [-0.05, 0) is 31.0 Å². The van der Waals surface area contributed by atoms with Crippen LogP contribution in [-0.2, 0) is 4.79 Å². The Labute approximate surface area is 107 Å². The van der Waals surface area contributed by atoms with Crippen molar-refractivity contribution < 1.29 is 14.3 Å². The van der Waals surface area contributed by atoms with Gasteiger partial charge in [0.15, 0.2) is 0 Å². The molecule has 1 aromatic rings. The van der Waals surface area contributed by atoms with Gasteiger partial charge in [-0.15, -0.1) is 0 Å². The lowest BCUT2D eigenvalue weighted by Crippen LogP contribution is -2.39. The number of carbonyl (C=O) groups is 1. The second kappa shape index (κ2) is 6.50. The smallest absolute Gasteiger partial charge is 0.223 e. The number of hydrogen-bond acceptors (Lipinski definition) is 2. The van der Waals surface area contributed by atoms with E-state index in [1.165, 1.54) is 24.3 Å². The second-order valence-electron chi connectivity index (χ2n) is 4.60. The molecule has 1 rings (SSSR count). The van der Waals surface area contributed by atoms with Gasteiger partial charge in [0.05, 0.1) is 12.1 Å². The minimum absolute atomic E-state index is 0.0760. The van der Waals surface area contributed by atoms with Gasteiger partial charge in [-0.2, -0.15) is 0 Å². The number of carbonyl (C=O) groups excluding carboxylic acids is 1. The Morgan fingerprint density at radius 1 is 1.33 bits per heavy atom. The van der Waals surface area contributed by atoms with E-state index in [0.29, 0.717) is 5.56 Å². The maximum atomic E-state index is 12.8. The summed E-state index contributed by atoms with van der Waals surface area (Å²) in [5, 5.41) is 12.8. The zero-order valence-corrected chi connectivity index (χ0v) is 11.0. The zero-order chi connectivity index (χ0) is 13.7. The Kier molecular flexibility index (Phi) is 5.28. The van der Waals surface area contributed by atoms with Crippen LogP contribution in [0.1, 0.15) is 38.9 Å². The van der Waals surface area contributed by atoms with E-state index in [4.69, 9.17) is 0 Å². The number of hydrogen-bond donors (Lipinski definition) is 2. The molecule has 0 fully saturated rings. The van der Waals surface area contributed by atoms with E-state index in [0.717, 1.165) is 6.42 Å². The molecule has 2 N–H and O–H groups in total. The van der Waals surface area contributed by atoms with Crippen LogP contribution < -0.4 is 5.32 Å². The van der Waals surface area contributed by atoms with Gasteiger partial charge < -0.3 is 10.4 Å². The summed E-state index contributed by atoms with van der Waals surface area (Å²) in [6.45, 7) is 5.51. The Morgan fingerprint density at radius 2 is 1.89 bits per heavy atom. The number of aliphatic hydroxyl groups excluding tert-OH is 1. The van der Waals surface area contributed by atoms with Crippen LogP contribution in [0.4, 0.5) is 4.39 Å². The summed E-state index contributed by atoms with van der Waals surface area (Å²) in [5.74, 6) is -0.499. The molecule has 0 aliphatic rings. The van der Waals surface area contributed by atoms with Crippen molar-refractivity contribution in [3.05, 3.63) is 35.6 Å². The van der Waals surface area contributed by atoms with Crippen LogP contribution in [0.2, 0.25) is 0 Å². The molecule has 0 aliphatic carbocycles. The van der Waals surface area contributed by atoms with E-state index >= 15 is 0 Å². The van der Waals surface area contributed by atoms with Gasteiger partial charge in [-0.1, -0.05) is 26.0 Å². The molecule has 100 valence electrons. The monoisotopic (exact) mass is 253 g/mol. The molecule has 0 aromatic heterocycles. The third-order valence-electron chi connectivity index (χ3n) is 3.12. The fourth-order valence-electron chi connectivity index (χ4n) is 1.58. The number of halogens is 1. The van der Waals surface area contributed by atoms with E-state index in [9.17, 15) is 14.3 Å². The summed E-state index contributed by atoms with van der Waals surface area (Å²) in [4.78, 5) is 11.7. The first-order valence-corrected chi connectivity index (χ1v) is 6.19. The lowest BCUT2D eigenvalue weighted by atomic mass is 10.0. The first-order valence-electron chi connectivity index (χ1n) is 6.19. The highest BCUT2D eigenvalue weighted by molar-refractivity contribution is 5.78. The third kappa shape index (κ3) is 3.81. The van der Waals surface area contributed by atoms with E-state index in [1.54, 1.807) is 6.92 Å². The fourth-order valence-corrected chi connectivity index (χ4v) is 1.58. The highest BCUT2D eigenvalue weighted by atomic mass is 19.1. The molecule has 0 heterocycles. The van der Waals surface area contributed by atoms with E-state index in [1.807, 2.05) is 13.8 Å². The van der Waals surface area contributed by atoms with Gasteiger partial charge in [0, 0.05) is 5.92 Å². The molecule has 0 saturated carbocycles. The van der Waals surface area contributed by atoms with Crippen LogP contribution >= 0.6 is 0 Å². The summed E-state index contributed by atoms with van der Waals surface area (Å²) in [6, 6.07) is 5.22. The van der Waals surface area contributed by atoms with Crippen LogP contribution in [0.25, 0.3) is 0 Å². The molecule has 0 saturated heterocycles. The standard InChI is InChI=1S/C14H20FNO2/c1-4-9(2)14(18)16-10(3)13(17)11-5-7-12(15)8-6-11/h5-10,13,17H,4H2,1-3H3,(H,16,18). The number of amides is 1. The molecule has 3 unspecified atom stereocenters. The average Bonchev–Trinajstić information content (AvgIpc) is 2.37. The molecule has 0 spiro atoms. The van der Waals surface area contributed by atoms with E-state index in [-0.39, 0.29) is 17.6 Å². The molecule has 1 aromatic carbocycles. The van der Waals surface area contributed by atoms with Crippen LogP contribution in [0, 0.1) is 11.7 Å². The Morgan fingerprint density at radius 3 is 2.39 bits per heavy atom. The van der Waals surface area contributed by atoms with Crippen molar-refractivity contribution in [1.82, 2.24) is 5.32 Å². The van der Waals surface area contributed by atoms with Gasteiger partial charge in [-0.3, -0.25) is 4.79 Å². The summed E-state index contributed by atoms with van der Waals surface area (Å²) in [7, 11) is 0. The Hall–Kier alpha value is -1.42. The lowest BCUT2D eigenvalue weighted by molar-refractivity contribution is -0.126. The van der Waals surface area contributed by atoms with Gasteiger partial charge in [0.2, 0.25) is 5.91 Å². The Bertz CT molecular complexity index is 391. The first-order chi connectivity index (χ1) is 8.45. The molecule has 0 bridgehead atoms. The predicted molar refractivity (Wildman–Crippen MR) is 68.4 cm³/mol. The highest BCUT2D eigenvalue weighted by Gasteiger charge is 2.20. The van der Waals surface area contributed by atoms with Crippen molar-refractivity contribution in [3.8, 4) is 0 Å². The lowest BCUT2D eigenvalue weighted by Gasteiger charge is -2.22. The molecule has 4 heteroatoms. The first kappa shape index (κ1) is 14.6. The van der Waals surface area contributed by atoms with Crippen molar-refractivity contribution in [1.29, 1.82) is 0 Å². The van der Waals surface area contributed by atoms with Crippen molar-refractivity contribution in [2.75, 3.05) is 0 Å². The van der Waals surface area contributed by atoms with Gasteiger partial charge in [-0.25, -0.2) is 4.39 Å². The molecule has 0 radical (unpaired) electrons. The normalized spacial score (nSPS) is 15.8. The largest absolute Gasteiger partial charge is 0.386 e. The summed E-state index contributed by atoms with van der Waals surface area (Å²) < 4.78 is 12.8. The fraction of sp³-hybridized carbons (Fsp3) is 0.500. The minimum atomic E-state index is -0.835. The molecule has 1 amide bonds. The van der Waals surface area contributed by atoms with Gasteiger partial charge in [0.25, 0.3) is 0 Å². The van der Waals surface area contributed by atoms with Crippen molar-refractivity contribution in [3.63, 3.8) is 0 Å². The highest BCUT2D eigenvalue weighted by Crippen LogP contribution is 2.17. The quantitative estimate of drug-likeness (QED) is 0.846. The van der Waals surface area contributed by atoms with E-state index < -0.39 is 12.1 Å². The molecular weight excluding hydrogens is 233 g/mol. The predicted octanol–water partition coefficient (Wildman–Crippen LogP) is 2.41. The average molecular weight is 253 g/mol. The molecule has 0 aliphatic heterocycles. The zero-order valence-electron chi connectivity index (χ0n) is 11.0. The van der Waals surface area contributed by atoms with Gasteiger partial charge in [0.1, 0.15) is 5.82 Å². The van der Waals surface area contributed by atoms with Crippen molar-refractivity contribution >= 4 is 5.91 Å². The van der Waals surface area contributed by atoms with Crippen molar-refractivity contribution in [2.45, 2.75) is 39.3 Å². The number of rotatable bonds is 5. The number of benzene rings is 1. The maximum absolute atomic E-state index is 12.8. The Balaban J connectivity index is 2.64. The molecule has 3 nitrogen and oxygen atoms in total. The van der Waals surface area contributed by atoms with Crippen LogP contribution in [0.5, 0.6) is 0 Å². The summed E-state index contributed by atoms with van der Waals surface area (Å²) in [5.41, 5.74) is 0.591. The molecule has 3 atom stereocenters. The number of aliphatic hydroxyl groups is 1. The maximum Gasteiger partial charge on any atom is 0.223 e. The summed E-state index contributed by atoms with van der Waals surface area (Å²) in [6.07, 6.45) is -0.0795. The van der Waals surface area contributed by atoms with Crippen LogP contribution in [-0.4, -0.2) is 17.1 Å². The molecule has 18 heavy (non-hydrogen) atoms. The minimum Gasteiger partial charge on any atom is -0.386 e. The number of nitrogens with one attached hydrogen (secondary N) is 1. The van der Waals surface area contributed by atoms with Gasteiger partial charge >= 0.3 is 0 Å². The molecular formula is C14H20FNO2. The third-order valence-corrected chi connectivity index (χ3v) is 3.12. The van der Waals surface area contributed by atoms with Crippen LogP contribution in [0.3, 0.4) is 0 Å². The van der Waals surface area contributed by atoms with Crippen molar-refractivity contribution in [2.24, 2.45) is 5.92 Å². The summed E-state index contributed by atoms with van der Waals surface area (Å²) >= 11 is 0. The van der Waals surface area contributed by atoms with E-state index in [2.05, 4.69) is 5.32 Å². The van der Waals surface area contributed by atoms with Crippen LogP contribution in [0.15, 0.2) is 24.3 Å². The second-order valence-corrected chi connectivity index (χ2v) is 4.60. The SMILES string of the molecule is CCC(C)C(=O)NC(C)C(O)c1ccc(F)cc1. The topological polar surface area (TPSA) is 49.3 Å².